The van der Waals surface area contributed by atoms with Crippen LogP contribution in [0.4, 0.5) is 0 Å². The molecule has 0 fully saturated rings. The van der Waals surface area contributed by atoms with Gasteiger partial charge in [0.25, 0.3) is 5.91 Å². The molecule has 0 radical (unpaired) electrons. The summed E-state index contributed by atoms with van der Waals surface area (Å²) < 4.78 is 4.98. The standard InChI is InChI=1S/C21H19NO4/c1-14(16-11-6-8-15-7-2-3-9-17(15)16)22-20(24)13-26-21(25)18-10-4-5-12-19(18)23/h2-12,14,23H,13H2,1H3,(H,22,24)/t14-/m1/s1. The summed E-state index contributed by atoms with van der Waals surface area (Å²) in [6, 6.07) is 19.7. The number of carbonyl (C=O) groups excluding carboxylic acids is 2. The van der Waals surface area contributed by atoms with Gasteiger partial charge in [-0.2, -0.15) is 0 Å². The van der Waals surface area contributed by atoms with E-state index in [2.05, 4.69) is 5.32 Å². The number of carbonyl (C=O) groups is 2. The fraction of sp³-hybridized carbons (Fsp3) is 0.143. The van der Waals surface area contributed by atoms with E-state index < -0.39 is 18.5 Å². The van der Waals surface area contributed by atoms with Crippen molar-refractivity contribution < 1.29 is 19.4 Å². The normalized spacial score (nSPS) is 11.7. The monoisotopic (exact) mass is 349 g/mol. The smallest absolute Gasteiger partial charge is 0.342 e. The number of para-hydroxylation sites is 1. The molecule has 0 saturated carbocycles. The number of ether oxygens (including phenoxy) is 1. The van der Waals surface area contributed by atoms with Gasteiger partial charge in [0, 0.05) is 0 Å². The molecule has 0 unspecified atom stereocenters. The van der Waals surface area contributed by atoms with Crippen LogP contribution in [0.25, 0.3) is 10.8 Å². The Labute approximate surface area is 151 Å². The number of benzene rings is 3. The lowest BCUT2D eigenvalue weighted by Gasteiger charge is -2.16. The molecule has 1 amide bonds. The summed E-state index contributed by atoms with van der Waals surface area (Å²) in [4.78, 5) is 24.1. The number of amides is 1. The molecule has 1 atom stereocenters. The molecule has 132 valence electrons. The van der Waals surface area contributed by atoms with E-state index in [-0.39, 0.29) is 17.4 Å². The van der Waals surface area contributed by atoms with Crippen molar-refractivity contribution in [2.24, 2.45) is 0 Å². The van der Waals surface area contributed by atoms with Gasteiger partial charge in [0.15, 0.2) is 6.61 Å². The second kappa shape index (κ2) is 7.70. The number of esters is 1. The van der Waals surface area contributed by atoms with Gasteiger partial charge in [-0.25, -0.2) is 4.79 Å². The molecule has 0 aliphatic carbocycles. The summed E-state index contributed by atoms with van der Waals surface area (Å²) in [6.07, 6.45) is 0. The van der Waals surface area contributed by atoms with Gasteiger partial charge in [-0.1, -0.05) is 54.6 Å². The molecule has 0 aliphatic rings. The van der Waals surface area contributed by atoms with Crippen molar-refractivity contribution in [3.8, 4) is 5.75 Å². The van der Waals surface area contributed by atoms with E-state index in [1.165, 1.54) is 12.1 Å². The lowest BCUT2D eigenvalue weighted by molar-refractivity contribution is -0.124. The number of hydrogen-bond donors (Lipinski definition) is 2. The maximum atomic E-state index is 12.1. The number of rotatable bonds is 5. The lowest BCUT2D eigenvalue weighted by atomic mass is 10.00. The molecule has 3 aromatic rings. The van der Waals surface area contributed by atoms with E-state index in [9.17, 15) is 14.7 Å². The molecule has 0 aliphatic heterocycles. The Bertz CT molecular complexity index is 946. The van der Waals surface area contributed by atoms with Gasteiger partial charge in [-0.05, 0) is 35.4 Å². The van der Waals surface area contributed by atoms with E-state index >= 15 is 0 Å². The Hall–Kier alpha value is -3.34. The Morgan fingerprint density at radius 1 is 1.00 bits per heavy atom. The average molecular weight is 349 g/mol. The third-order valence-corrected chi connectivity index (χ3v) is 4.13. The van der Waals surface area contributed by atoms with E-state index in [1.807, 2.05) is 49.4 Å². The van der Waals surface area contributed by atoms with Crippen molar-refractivity contribution in [1.82, 2.24) is 5.32 Å². The van der Waals surface area contributed by atoms with Crippen LogP contribution in [-0.4, -0.2) is 23.6 Å². The minimum Gasteiger partial charge on any atom is -0.507 e. The Morgan fingerprint density at radius 3 is 2.50 bits per heavy atom. The van der Waals surface area contributed by atoms with Gasteiger partial charge in [0.2, 0.25) is 0 Å². The molecule has 0 bridgehead atoms. The predicted molar refractivity (Wildman–Crippen MR) is 98.9 cm³/mol. The summed E-state index contributed by atoms with van der Waals surface area (Å²) in [7, 11) is 0. The summed E-state index contributed by atoms with van der Waals surface area (Å²) in [5.41, 5.74) is 1.02. The molecule has 5 heteroatoms. The van der Waals surface area contributed by atoms with Crippen LogP contribution in [-0.2, 0) is 9.53 Å². The van der Waals surface area contributed by atoms with Crippen LogP contribution >= 0.6 is 0 Å². The zero-order valence-electron chi connectivity index (χ0n) is 14.3. The number of fused-ring (bicyclic) bond motifs is 1. The highest BCUT2D eigenvalue weighted by atomic mass is 16.5. The van der Waals surface area contributed by atoms with E-state index in [0.717, 1.165) is 16.3 Å². The first kappa shape index (κ1) is 17.5. The minimum atomic E-state index is -0.740. The molecule has 0 saturated heterocycles. The van der Waals surface area contributed by atoms with Crippen molar-refractivity contribution in [3.63, 3.8) is 0 Å². The summed E-state index contributed by atoms with van der Waals surface area (Å²) in [5, 5.41) is 14.6. The van der Waals surface area contributed by atoms with Crippen molar-refractivity contribution in [1.29, 1.82) is 0 Å². The van der Waals surface area contributed by atoms with E-state index in [0.29, 0.717) is 0 Å². The zero-order valence-corrected chi connectivity index (χ0v) is 14.3. The molecule has 0 heterocycles. The molecule has 26 heavy (non-hydrogen) atoms. The first-order chi connectivity index (χ1) is 12.6. The van der Waals surface area contributed by atoms with Gasteiger partial charge in [-0.3, -0.25) is 4.79 Å². The van der Waals surface area contributed by atoms with Crippen LogP contribution in [0.1, 0.15) is 28.9 Å². The number of phenols is 1. The first-order valence-electron chi connectivity index (χ1n) is 8.28. The fourth-order valence-electron chi connectivity index (χ4n) is 2.84. The third kappa shape index (κ3) is 3.83. The quantitative estimate of drug-likeness (QED) is 0.691. The highest BCUT2D eigenvalue weighted by Gasteiger charge is 2.16. The van der Waals surface area contributed by atoms with Crippen LogP contribution in [0.5, 0.6) is 5.75 Å². The number of phenolic OH excluding ortho intramolecular Hbond substituents is 1. The van der Waals surface area contributed by atoms with Crippen LogP contribution in [0.2, 0.25) is 0 Å². The number of aromatic hydroxyl groups is 1. The molecular formula is C21H19NO4. The highest BCUT2D eigenvalue weighted by molar-refractivity contribution is 5.94. The minimum absolute atomic E-state index is 0.0300. The fourth-order valence-corrected chi connectivity index (χ4v) is 2.84. The molecule has 5 nitrogen and oxygen atoms in total. The van der Waals surface area contributed by atoms with Crippen LogP contribution < -0.4 is 5.32 Å². The van der Waals surface area contributed by atoms with E-state index in [4.69, 9.17) is 4.74 Å². The van der Waals surface area contributed by atoms with Gasteiger partial charge in [0.1, 0.15) is 11.3 Å². The zero-order chi connectivity index (χ0) is 18.5. The molecule has 0 aromatic heterocycles. The number of nitrogens with one attached hydrogen (secondary N) is 1. The predicted octanol–water partition coefficient (Wildman–Crippen LogP) is 3.58. The highest BCUT2D eigenvalue weighted by Crippen LogP contribution is 2.24. The van der Waals surface area contributed by atoms with Gasteiger partial charge < -0.3 is 15.2 Å². The SMILES string of the molecule is C[C@@H](NC(=O)COC(=O)c1ccccc1O)c1cccc2ccccc12. The van der Waals surface area contributed by atoms with Crippen molar-refractivity contribution in [3.05, 3.63) is 77.9 Å². The maximum absolute atomic E-state index is 12.1. The third-order valence-electron chi connectivity index (χ3n) is 4.13. The Morgan fingerprint density at radius 2 is 1.69 bits per heavy atom. The second-order valence-corrected chi connectivity index (χ2v) is 5.95. The topological polar surface area (TPSA) is 75.6 Å². The second-order valence-electron chi connectivity index (χ2n) is 5.95. The summed E-state index contributed by atoms with van der Waals surface area (Å²) >= 11 is 0. The molecular weight excluding hydrogens is 330 g/mol. The van der Waals surface area contributed by atoms with Crippen molar-refractivity contribution in [2.75, 3.05) is 6.61 Å². The lowest BCUT2D eigenvalue weighted by Crippen LogP contribution is -2.31. The van der Waals surface area contributed by atoms with Crippen molar-refractivity contribution in [2.45, 2.75) is 13.0 Å². The first-order valence-corrected chi connectivity index (χ1v) is 8.28. The maximum Gasteiger partial charge on any atom is 0.342 e. The van der Waals surface area contributed by atoms with Crippen LogP contribution in [0, 0.1) is 0 Å². The van der Waals surface area contributed by atoms with Gasteiger partial charge in [-0.15, -0.1) is 0 Å². The average Bonchev–Trinajstić information content (AvgIpc) is 2.66. The largest absolute Gasteiger partial charge is 0.507 e. The summed E-state index contributed by atoms with van der Waals surface area (Å²) in [6.45, 7) is 1.47. The summed E-state index contributed by atoms with van der Waals surface area (Å²) in [5.74, 6) is -1.33. The number of hydrogen-bond acceptors (Lipinski definition) is 4. The molecule has 3 rings (SSSR count). The Balaban J connectivity index is 1.63. The Kier molecular flexibility index (Phi) is 5.17. The van der Waals surface area contributed by atoms with Gasteiger partial charge in [0.05, 0.1) is 6.04 Å². The molecule has 0 spiro atoms. The van der Waals surface area contributed by atoms with Crippen LogP contribution in [0.3, 0.4) is 0 Å². The van der Waals surface area contributed by atoms with Crippen LogP contribution in [0.15, 0.2) is 66.7 Å². The van der Waals surface area contributed by atoms with Gasteiger partial charge >= 0.3 is 5.97 Å². The van der Waals surface area contributed by atoms with E-state index in [1.54, 1.807) is 12.1 Å². The molecule has 2 N–H and O–H groups in total. The van der Waals surface area contributed by atoms with Crippen molar-refractivity contribution >= 4 is 22.6 Å². The molecule has 3 aromatic carbocycles.